The summed E-state index contributed by atoms with van der Waals surface area (Å²) in [6.07, 6.45) is 2.56. The Morgan fingerprint density at radius 1 is 1.17 bits per heavy atom. The van der Waals surface area contributed by atoms with E-state index >= 15 is 0 Å². The van der Waals surface area contributed by atoms with Gasteiger partial charge in [-0.3, -0.25) is 4.90 Å². The summed E-state index contributed by atoms with van der Waals surface area (Å²) >= 11 is 0. The van der Waals surface area contributed by atoms with Crippen LogP contribution >= 0.6 is 0 Å². The van der Waals surface area contributed by atoms with E-state index in [1.165, 1.54) is 0 Å². The molecule has 1 N–H and O–H groups in total. The highest BCUT2D eigenvalue weighted by Crippen LogP contribution is 2.22. The first-order valence-electron chi connectivity index (χ1n) is 8.92. The average molecular weight is 327 g/mol. The molecule has 0 aromatic carbocycles. The van der Waals surface area contributed by atoms with Crippen LogP contribution in [0.1, 0.15) is 40.5 Å². The van der Waals surface area contributed by atoms with E-state index in [1.54, 1.807) is 0 Å². The van der Waals surface area contributed by atoms with E-state index in [0.717, 1.165) is 58.7 Å². The lowest BCUT2D eigenvalue weighted by molar-refractivity contribution is -0.0105. The minimum Gasteiger partial charge on any atom is -0.444 e. The molecular formula is C17H33N3O3. The molecule has 134 valence electrons. The van der Waals surface area contributed by atoms with Crippen LogP contribution in [0.2, 0.25) is 0 Å². The lowest BCUT2D eigenvalue weighted by Gasteiger charge is -2.38. The van der Waals surface area contributed by atoms with Crippen molar-refractivity contribution in [3.05, 3.63) is 0 Å². The molecule has 1 saturated carbocycles. The SMILES string of the molecule is CCOC1CC(NCCN2CCN(C(=O)OC(C)(C)C)CC2)C1. The van der Waals surface area contributed by atoms with Crippen LogP contribution < -0.4 is 5.32 Å². The Morgan fingerprint density at radius 3 is 2.39 bits per heavy atom. The largest absolute Gasteiger partial charge is 0.444 e. The molecule has 2 rings (SSSR count). The van der Waals surface area contributed by atoms with E-state index in [0.29, 0.717) is 12.1 Å². The number of rotatable bonds is 6. The first-order chi connectivity index (χ1) is 10.9. The summed E-state index contributed by atoms with van der Waals surface area (Å²) in [5, 5.41) is 3.59. The summed E-state index contributed by atoms with van der Waals surface area (Å²) in [6, 6.07) is 0.620. The highest BCUT2D eigenvalue weighted by atomic mass is 16.6. The van der Waals surface area contributed by atoms with E-state index in [1.807, 2.05) is 25.7 Å². The van der Waals surface area contributed by atoms with Gasteiger partial charge in [-0.25, -0.2) is 4.79 Å². The van der Waals surface area contributed by atoms with Crippen molar-refractivity contribution in [2.45, 2.75) is 58.3 Å². The van der Waals surface area contributed by atoms with Crippen LogP contribution in [0.3, 0.4) is 0 Å². The summed E-state index contributed by atoms with van der Waals surface area (Å²) in [5.74, 6) is 0. The second-order valence-electron chi connectivity index (χ2n) is 7.51. The Balaban J connectivity index is 1.54. The molecule has 0 atom stereocenters. The van der Waals surface area contributed by atoms with Gasteiger partial charge in [0.05, 0.1) is 6.10 Å². The van der Waals surface area contributed by atoms with Gasteiger partial charge in [0.1, 0.15) is 5.60 Å². The minimum absolute atomic E-state index is 0.188. The summed E-state index contributed by atoms with van der Waals surface area (Å²) in [6.45, 7) is 14.0. The summed E-state index contributed by atoms with van der Waals surface area (Å²) in [5.41, 5.74) is -0.416. The molecule has 0 spiro atoms. The van der Waals surface area contributed by atoms with Gasteiger partial charge < -0.3 is 19.7 Å². The van der Waals surface area contributed by atoms with Crippen molar-refractivity contribution in [3.8, 4) is 0 Å². The number of carbonyl (C=O) groups excluding carboxylic acids is 1. The summed E-state index contributed by atoms with van der Waals surface area (Å²) in [7, 11) is 0. The lowest BCUT2D eigenvalue weighted by atomic mass is 9.89. The predicted molar refractivity (Wildman–Crippen MR) is 90.7 cm³/mol. The second-order valence-corrected chi connectivity index (χ2v) is 7.51. The third kappa shape index (κ3) is 6.28. The molecule has 1 aliphatic carbocycles. The fourth-order valence-corrected chi connectivity index (χ4v) is 3.01. The normalized spacial score (nSPS) is 26.0. The molecule has 6 nitrogen and oxygen atoms in total. The van der Waals surface area contributed by atoms with Gasteiger partial charge in [0.2, 0.25) is 0 Å². The third-order valence-corrected chi connectivity index (χ3v) is 4.38. The van der Waals surface area contributed by atoms with Crippen molar-refractivity contribution in [2.75, 3.05) is 45.9 Å². The molecule has 2 fully saturated rings. The number of piperazine rings is 1. The molecule has 0 unspecified atom stereocenters. The smallest absolute Gasteiger partial charge is 0.410 e. The molecule has 6 heteroatoms. The minimum atomic E-state index is -0.416. The Morgan fingerprint density at radius 2 is 1.83 bits per heavy atom. The Labute approximate surface area is 140 Å². The summed E-state index contributed by atoms with van der Waals surface area (Å²) < 4.78 is 11.0. The Kier molecular flexibility index (Phi) is 6.68. The zero-order valence-electron chi connectivity index (χ0n) is 15.1. The van der Waals surface area contributed by atoms with Crippen molar-refractivity contribution in [1.82, 2.24) is 15.1 Å². The molecule has 0 bridgehead atoms. The van der Waals surface area contributed by atoms with E-state index in [-0.39, 0.29) is 6.09 Å². The van der Waals surface area contributed by atoms with E-state index in [4.69, 9.17) is 9.47 Å². The maximum absolute atomic E-state index is 12.0. The van der Waals surface area contributed by atoms with Gasteiger partial charge in [-0.2, -0.15) is 0 Å². The van der Waals surface area contributed by atoms with Gasteiger partial charge in [0.25, 0.3) is 0 Å². The van der Waals surface area contributed by atoms with E-state index in [9.17, 15) is 4.79 Å². The number of amides is 1. The van der Waals surface area contributed by atoms with Crippen LogP contribution in [-0.4, -0.2) is 79.5 Å². The molecular weight excluding hydrogens is 294 g/mol. The molecule has 1 saturated heterocycles. The monoisotopic (exact) mass is 327 g/mol. The van der Waals surface area contributed by atoms with Gasteiger partial charge in [-0.05, 0) is 40.5 Å². The van der Waals surface area contributed by atoms with Crippen LogP contribution in [0.25, 0.3) is 0 Å². The Bertz CT molecular complexity index is 370. The van der Waals surface area contributed by atoms with Gasteiger partial charge >= 0.3 is 6.09 Å². The summed E-state index contributed by atoms with van der Waals surface area (Å²) in [4.78, 5) is 16.2. The maximum atomic E-state index is 12.0. The number of nitrogens with one attached hydrogen (secondary N) is 1. The van der Waals surface area contributed by atoms with Crippen LogP contribution in [0.5, 0.6) is 0 Å². The van der Waals surface area contributed by atoms with Crippen molar-refractivity contribution in [2.24, 2.45) is 0 Å². The van der Waals surface area contributed by atoms with Crippen LogP contribution in [0.4, 0.5) is 4.79 Å². The van der Waals surface area contributed by atoms with Gasteiger partial charge in [-0.15, -0.1) is 0 Å². The maximum Gasteiger partial charge on any atom is 0.410 e. The quantitative estimate of drug-likeness (QED) is 0.805. The third-order valence-electron chi connectivity index (χ3n) is 4.38. The fraction of sp³-hybridized carbons (Fsp3) is 0.941. The lowest BCUT2D eigenvalue weighted by Crippen LogP contribution is -2.52. The van der Waals surface area contributed by atoms with Crippen molar-refractivity contribution < 1.29 is 14.3 Å². The van der Waals surface area contributed by atoms with Crippen LogP contribution in [0.15, 0.2) is 0 Å². The van der Waals surface area contributed by atoms with E-state index < -0.39 is 5.60 Å². The first-order valence-corrected chi connectivity index (χ1v) is 8.92. The zero-order valence-corrected chi connectivity index (χ0v) is 15.1. The highest BCUT2D eigenvalue weighted by molar-refractivity contribution is 5.68. The number of nitrogens with zero attached hydrogens (tertiary/aromatic N) is 2. The number of hydrogen-bond donors (Lipinski definition) is 1. The molecule has 1 amide bonds. The molecule has 0 aromatic rings. The fourth-order valence-electron chi connectivity index (χ4n) is 3.01. The van der Waals surface area contributed by atoms with Gasteiger partial charge in [0, 0.05) is 51.9 Å². The first kappa shape index (κ1) is 18.5. The van der Waals surface area contributed by atoms with Crippen molar-refractivity contribution >= 4 is 6.09 Å². The number of ether oxygens (including phenoxy) is 2. The van der Waals surface area contributed by atoms with Crippen molar-refractivity contribution in [1.29, 1.82) is 0 Å². The number of hydrogen-bond acceptors (Lipinski definition) is 5. The molecule has 2 aliphatic rings. The number of carbonyl (C=O) groups is 1. The Hall–Kier alpha value is -0.850. The predicted octanol–water partition coefficient (Wildman–Crippen LogP) is 1.70. The second kappa shape index (κ2) is 8.31. The highest BCUT2D eigenvalue weighted by Gasteiger charge is 2.29. The standard InChI is InChI=1S/C17H33N3O3/c1-5-22-15-12-14(13-15)18-6-7-19-8-10-20(11-9-19)16(21)23-17(2,3)4/h14-15,18H,5-13H2,1-4H3. The topological polar surface area (TPSA) is 54.0 Å². The van der Waals surface area contributed by atoms with Crippen LogP contribution in [-0.2, 0) is 9.47 Å². The van der Waals surface area contributed by atoms with Gasteiger partial charge in [-0.1, -0.05) is 0 Å². The molecule has 1 aliphatic heterocycles. The zero-order chi connectivity index (χ0) is 16.9. The van der Waals surface area contributed by atoms with Crippen molar-refractivity contribution in [3.63, 3.8) is 0 Å². The van der Waals surface area contributed by atoms with Crippen LogP contribution in [0, 0.1) is 0 Å². The average Bonchev–Trinajstić information content (AvgIpc) is 2.43. The molecule has 23 heavy (non-hydrogen) atoms. The van der Waals surface area contributed by atoms with E-state index in [2.05, 4.69) is 17.1 Å². The van der Waals surface area contributed by atoms with Gasteiger partial charge in [0.15, 0.2) is 0 Å². The molecule has 1 heterocycles. The molecule has 0 aromatic heterocycles. The molecule has 0 radical (unpaired) electrons.